The second kappa shape index (κ2) is 6.56. The van der Waals surface area contributed by atoms with Gasteiger partial charge in [-0.2, -0.15) is 0 Å². The number of benzene rings is 1. The lowest BCUT2D eigenvalue weighted by Gasteiger charge is -2.44. The van der Waals surface area contributed by atoms with E-state index in [0.29, 0.717) is 0 Å². The molecule has 0 spiro atoms. The summed E-state index contributed by atoms with van der Waals surface area (Å²) in [4.78, 5) is 4.62. The first-order valence-corrected chi connectivity index (χ1v) is 7.91. The van der Waals surface area contributed by atoms with Crippen LogP contribution in [0.1, 0.15) is 33.1 Å². The van der Waals surface area contributed by atoms with E-state index in [4.69, 9.17) is 4.74 Å². The van der Waals surface area contributed by atoms with Crippen molar-refractivity contribution in [3.63, 3.8) is 0 Å². The standard InChI is InChI=1S/C17H28N2O2/c1-5-17(6-2)13-19(11-7-10-18(3)4)15-9-8-14(20)12-16(15)21-17/h8-9,12,20H,5-7,10-11,13H2,1-4H3. The van der Waals surface area contributed by atoms with Gasteiger partial charge < -0.3 is 19.6 Å². The van der Waals surface area contributed by atoms with Gasteiger partial charge >= 0.3 is 0 Å². The minimum absolute atomic E-state index is 0.140. The van der Waals surface area contributed by atoms with Crippen molar-refractivity contribution in [1.29, 1.82) is 0 Å². The van der Waals surface area contributed by atoms with E-state index in [0.717, 1.165) is 50.3 Å². The van der Waals surface area contributed by atoms with E-state index in [1.165, 1.54) is 0 Å². The van der Waals surface area contributed by atoms with E-state index in [1.807, 2.05) is 6.07 Å². The van der Waals surface area contributed by atoms with E-state index in [9.17, 15) is 5.11 Å². The van der Waals surface area contributed by atoms with Crippen LogP contribution in [0.25, 0.3) is 0 Å². The Labute approximate surface area is 128 Å². The molecule has 0 fully saturated rings. The predicted octanol–water partition coefficient (Wildman–Crippen LogP) is 3.10. The molecule has 0 amide bonds. The number of nitrogens with zero attached hydrogens (tertiary/aromatic N) is 2. The number of anilines is 1. The molecular weight excluding hydrogens is 264 g/mol. The van der Waals surface area contributed by atoms with Crippen molar-refractivity contribution in [1.82, 2.24) is 4.90 Å². The van der Waals surface area contributed by atoms with Gasteiger partial charge in [-0.15, -0.1) is 0 Å². The lowest BCUT2D eigenvalue weighted by Crippen LogP contribution is -2.50. The molecule has 1 aliphatic heterocycles. The minimum atomic E-state index is -0.140. The zero-order chi connectivity index (χ0) is 15.5. The van der Waals surface area contributed by atoms with E-state index >= 15 is 0 Å². The van der Waals surface area contributed by atoms with E-state index in [-0.39, 0.29) is 11.4 Å². The maximum absolute atomic E-state index is 9.73. The molecule has 4 heteroatoms. The number of phenolic OH excluding ortho intramolecular Hbond substituents is 1. The van der Waals surface area contributed by atoms with Crippen LogP contribution >= 0.6 is 0 Å². The zero-order valence-electron chi connectivity index (χ0n) is 13.7. The van der Waals surface area contributed by atoms with Crippen LogP contribution in [0.4, 0.5) is 5.69 Å². The third-order valence-corrected chi connectivity index (χ3v) is 4.41. The van der Waals surface area contributed by atoms with Gasteiger partial charge in [-0.3, -0.25) is 0 Å². The molecule has 0 saturated carbocycles. The van der Waals surface area contributed by atoms with Crippen LogP contribution in [-0.4, -0.2) is 49.3 Å². The average molecular weight is 292 g/mol. The van der Waals surface area contributed by atoms with Crippen LogP contribution in [0.3, 0.4) is 0 Å². The summed E-state index contributed by atoms with van der Waals surface area (Å²) in [7, 11) is 4.21. The molecule has 21 heavy (non-hydrogen) atoms. The highest BCUT2D eigenvalue weighted by Crippen LogP contribution is 2.41. The summed E-state index contributed by atoms with van der Waals surface area (Å²) in [5, 5.41) is 9.73. The molecule has 2 rings (SSSR count). The summed E-state index contributed by atoms with van der Waals surface area (Å²) in [6, 6.07) is 5.45. The van der Waals surface area contributed by atoms with Crippen LogP contribution in [0.2, 0.25) is 0 Å². The Bertz CT molecular complexity index is 470. The molecule has 1 N–H and O–H groups in total. The van der Waals surface area contributed by atoms with Gasteiger partial charge in [-0.05, 0) is 52.0 Å². The molecular formula is C17H28N2O2. The maximum atomic E-state index is 9.73. The van der Waals surface area contributed by atoms with Crippen molar-refractivity contribution < 1.29 is 9.84 Å². The van der Waals surface area contributed by atoms with Gasteiger partial charge in [0.15, 0.2) is 0 Å². The SMILES string of the molecule is CCC1(CC)CN(CCCN(C)C)c2ccc(O)cc2O1. The monoisotopic (exact) mass is 292 g/mol. The van der Waals surface area contributed by atoms with Gasteiger partial charge in [0.1, 0.15) is 17.1 Å². The first-order valence-electron chi connectivity index (χ1n) is 7.91. The Kier molecular flexibility index (Phi) is 4.99. The van der Waals surface area contributed by atoms with Crippen molar-refractivity contribution in [2.45, 2.75) is 38.7 Å². The van der Waals surface area contributed by atoms with Gasteiger partial charge in [0, 0.05) is 12.6 Å². The van der Waals surface area contributed by atoms with Crippen molar-refractivity contribution in [3.05, 3.63) is 18.2 Å². The summed E-state index contributed by atoms with van der Waals surface area (Å²) < 4.78 is 6.24. The molecule has 1 aliphatic rings. The van der Waals surface area contributed by atoms with Gasteiger partial charge in [-0.25, -0.2) is 0 Å². The van der Waals surface area contributed by atoms with Gasteiger partial charge in [0.25, 0.3) is 0 Å². The summed E-state index contributed by atoms with van der Waals surface area (Å²) in [6.07, 6.45) is 3.07. The fourth-order valence-electron chi connectivity index (χ4n) is 2.94. The largest absolute Gasteiger partial charge is 0.508 e. The predicted molar refractivity (Wildman–Crippen MR) is 87.4 cm³/mol. The van der Waals surface area contributed by atoms with Gasteiger partial charge in [0.2, 0.25) is 0 Å². The highest BCUT2D eigenvalue weighted by molar-refractivity contribution is 5.63. The average Bonchev–Trinajstić information content (AvgIpc) is 2.46. The molecule has 118 valence electrons. The topological polar surface area (TPSA) is 35.9 Å². The normalized spacial score (nSPS) is 16.7. The van der Waals surface area contributed by atoms with Crippen LogP contribution in [0.5, 0.6) is 11.5 Å². The lowest BCUT2D eigenvalue weighted by molar-refractivity contribution is 0.0570. The van der Waals surface area contributed by atoms with E-state index in [1.54, 1.807) is 12.1 Å². The summed E-state index contributed by atoms with van der Waals surface area (Å²) in [6.45, 7) is 7.37. The smallest absolute Gasteiger partial charge is 0.147 e. The van der Waals surface area contributed by atoms with Crippen molar-refractivity contribution in [2.75, 3.05) is 38.6 Å². The number of fused-ring (bicyclic) bond motifs is 1. The fourth-order valence-corrected chi connectivity index (χ4v) is 2.94. The Hall–Kier alpha value is -1.42. The summed E-state index contributed by atoms with van der Waals surface area (Å²) >= 11 is 0. The third kappa shape index (κ3) is 3.62. The highest BCUT2D eigenvalue weighted by Gasteiger charge is 2.36. The Morgan fingerprint density at radius 3 is 2.62 bits per heavy atom. The first-order chi connectivity index (χ1) is 9.99. The second-order valence-corrected chi connectivity index (χ2v) is 6.22. The Morgan fingerprint density at radius 1 is 1.29 bits per heavy atom. The molecule has 1 aromatic rings. The Balaban J connectivity index is 2.22. The Morgan fingerprint density at radius 2 is 2.00 bits per heavy atom. The lowest BCUT2D eigenvalue weighted by atomic mass is 9.93. The van der Waals surface area contributed by atoms with Crippen molar-refractivity contribution in [2.24, 2.45) is 0 Å². The molecule has 0 bridgehead atoms. The van der Waals surface area contributed by atoms with Crippen LogP contribution < -0.4 is 9.64 Å². The number of ether oxygens (including phenoxy) is 1. The number of phenols is 1. The maximum Gasteiger partial charge on any atom is 0.147 e. The van der Waals surface area contributed by atoms with Gasteiger partial charge in [-0.1, -0.05) is 13.8 Å². The molecule has 4 nitrogen and oxygen atoms in total. The first kappa shape index (κ1) is 16.0. The third-order valence-electron chi connectivity index (χ3n) is 4.41. The van der Waals surface area contributed by atoms with Gasteiger partial charge in [0.05, 0.1) is 12.2 Å². The molecule has 0 saturated heterocycles. The molecule has 0 atom stereocenters. The van der Waals surface area contributed by atoms with E-state index in [2.05, 4.69) is 37.7 Å². The number of hydrogen-bond donors (Lipinski definition) is 1. The van der Waals surface area contributed by atoms with Crippen LogP contribution in [0.15, 0.2) is 18.2 Å². The molecule has 1 heterocycles. The quantitative estimate of drug-likeness (QED) is 0.874. The van der Waals surface area contributed by atoms with Crippen LogP contribution in [0, 0.1) is 0 Å². The second-order valence-electron chi connectivity index (χ2n) is 6.22. The van der Waals surface area contributed by atoms with Crippen molar-refractivity contribution in [3.8, 4) is 11.5 Å². The number of aromatic hydroxyl groups is 1. The highest BCUT2D eigenvalue weighted by atomic mass is 16.5. The summed E-state index contributed by atoms with van der Waals surface area (Å²) in [5.41, 5.74) is 0.961. The number of hydrogen-bond acceptors (Lipinski definition) is 4. The van der Waals surface area contributed by atoms with E-state index < -0.39 is 0 Å². The zero-order valence-corrected chi connectivity index (χ0v) is 13.7. The molecule has 0 aliphatic carbocycles. The van der Waals surface area contributed by atoms with Crippen LogP contribution in [-0.2, 0) is 0 Å². The van der Waals surface area contributed by atoms with Crippen molar-refractivity contribution >= 4 is 5.69 Å². The molecule has 0 radical (unpaired) electrons. The number of rotatable bonds is 6. The molecule has 0 unspecified atom stereocenters. The summed E-state index contributed by atoms with van der Waals surface area (Å²) in [5.74, 6) is 1.08. The minimum Gasteiger partial charge on any atom is -0.508 e. The fraction of sp³-hybridized carbons (Fsp3) is 0.647. The molecule has 1 aromatic carbocycles. The molecule has 0 aromatic heterocycles.